The number of nitrogens with one attached hydrogen (secondary N) is 1. The van der Waals surface area contributed by atoms with Crippen molar-refractivity contribution in [2.75, 3.05) is 13.2 Å². The van der Waals surface area contributed by atoms with Crippen LogP contribution in [0.1, 0.15) is 12.5 Å². The standard InChI is InChI=1S/C18H19NO3S/c1-13(23-15-5-3-2-4-6-15)18(20)19-12-14-7-8-16-17(11-14)22-10-9-21-16/h2-8,11,13H,9-10,12H2,1H3,(H,19,20). The van der Waals surface area contributed by atoms with E-state index in [1.807, 2.05) is 55.5 Å². The predicted octanol–water partition coefficient (Wildman–Crippen LogP) is 3.25. The molecule has 0 aromatic heterocycles. The minimum absolute atomic E-state index is 0.0220. The highest BCUT2D eigenvalue weighted by Crippen LogP contribution is 2.30. The first-order valence-electron chi connectivity index (χ1n) is 7.60. The second-order valence-corrected chi connectivity index (χ2v) is 6.68. The third-order valence-corrected chi connectivity index (χ3v) is 4.61. The maximum absolute atomic E-state index is 12.2. The molecule has 5 heteroatoms. The molecule has 1 aliphatic heterocycles. The normalized spacial score (nSPS) is 14.1. The molecule has 1 unspecified atom stereocenters. The average molecular weight is 329 g/mol. The Kier molecular flexibility index (Phi) is 5.08. The summed E-state index contributed by atoms with van der Waals surface area (Å²) in [6.07, 6.45) is 0. The van der Waals surface area contributed by atoms with Gasteiger partial charge in [-0.1, -0.05) is 24.3 Å². The van der Waals surface area contributed by atoms with Gasteiger partial charge in [0, 0.05) is 11.4 Å². The second kappa shape index (κ2) is 7.42. The molecule has 1 amide bonds. The first-order valence-corrected chi connectivity index (χ1v) is 8.48. The lowest BCUT2D eigenvalue weighted by Gasteiger charge is -2.19. The molecule has 0 spiro atoms. The van der Waals surface area contributed by atoms with Crippen LogP contribution in [0.25, 0.3) is 0 Å². The summed E-state index contributed by atoms with van der Waals surface area (Å²) < 4.78 is 11.0. The van der Waals surface area contributed by atoms with Crippen LogP contribution in [0.15, 0.2) is 53.4 Å². The molecule has 1 N–H and O–H groups in total. The topological polar surface area (TPSA) is 47.6 Å². The maximum atomic E-state index is 12.2. The van der Waals surface area contributed by atoms with E-state index >= 15 is 0 Å². The van der Waals surface area contributed by atoms with Gasteiger partial charge in [0.25, 0.3) is 0 Å². The monoisotopic (exact) mass is 329 g/mol. The van der Waals surface area contributed by atoms with Gasteiger partial charge in [0.1, 0.15) is 13.2 Å². The lowest BCUT2D eigenvalue weighted by atomic mass is 10.2. The van der Waals surface area contributed by atoms with Crippen LogP contribution >= 0.6 is 11.8 Å². The van der Waals surface area contributed by atoms with Crippen LogP contribution in [-0.4, -0.2) is 24.4 Å². The van der Waals surface area contributed by atoms with Crippen LogP contribution in [0.5, 0.6) is 11.5 Å². The van der Waals surface area contributed by atoms with E-state index < -0.39 is 0 Å². The zero-order chi connectivity index (χ0) is 16.1. The highest BCUT2D eigenvalue weighted by atomic mass is 32.2. The van der Waals surface area contributed by atoms with E-state index in [0.717, 1.165) is 22.0 Å². The number of fused-ring (bicyclic) bond motifs is 1. The van der Waals surface area contributed by atoms with Crippen molar-refractivity contribution in [1.29, 1.82) is 0 Å². The zero-order valence-corrected chi connectivity index (χ0v) is 13.8. The van der Waals surface area contributed by atoms with Crippen LogP contribution < -0.4 is 14.8 Å². The molecule has 120 valence electrons. The molecule has 0 radical (unpaired) electrons. The van der Waals surface area contributed by atoms with E-state index in [2.05, 4.69) is 5.32 Å². The number of carbonyl (C=O) groups is 1. The van der Waals surface area contributed by atoms with Crippen LogP contribution in [0, 0.1) is 0 Å². The molecule has 0 fully saturated rings. The van der Waals surface area contributed by atoms with Crippen molar-refractivity contribution in [1.82, 2.24) is 5.32 Å². The molecule has 0 saturated carbocycles. The summed E-state index contributed by atoms with van der Waals surface area (Å²) >= 11 is 1.55. The molecule has 3 rings (SSSR count). The van der Waals surface area contributed by atoms with Gasteiger partial charge < -0.3 is 14.8 Å². The van der Waals surface area contributed by atoms with Crippen LogP contribution in [0.4, 0.5) is 0 Å². The first kappa shape index (κ1) is 15.7. The number of rotatable bonds is 5. The van der Waals surface area contributed by atoms with Gasteiger partial charge in [-0.2, -0.15) is 0 Å². The van der Waals surface area contributed by atoms with E-state index in [-0.39, 0.29) is 11.2 Å². The molecular weight excluding hydrogens is 310 g/mol. The molecule has 0 aliphatic carbocycles. The second-order valence-electron chi connectivity index (χ2n) is 5.27. The molecule has 2 aromatic rings. The summed E-state index contributed by atoms with van der Waals surface area (Å²) in [5.74, 6) is 1.53. The number of benzene rings is 2. The Hall–Kier alpha value is -2.14. The zero-order valence-electron chi connectivity index (χ0n) is 13.0. The van der Waals surface area contributed by atoms with E-state index in [0.29, 0.717) is 19.8 Å². The van der Waals surface area contributed by atoms with E-state index in [4.69, 9.17) is 9.47 Å². The summed E-state index contributed by atoms with van der Waals surface area (Å²) in [6.45, 7) is 3.54. The molecular formula is C18H19NO3S. The first-order chi connectivity index (χ1) is 11.2. The van der Waals surface area contributed by atoms with Gasteiger partial charge in [0.2, 0.25) is 5.91 Å². The third-order valence-electron chi connectivity index (χ3n) is 3.50. The Bertz CT molecular complexity index is 675. The quantitative estimate of drug-likeness (QED) is 0.856. The highest BCUT2D eigenvalue weighted by molar-refractivity contribution is 8.00. The lowest BCUT2D eigenvalue weighted by molar-refractivity contribution is -0.120. The minimum atomic E-state index is -0.144. The van der Waals surface area contributed by atoms with Crippen LogP contribution in [0.3, 0.4) is 0 Å². The third kappa shape index (κ3) is 4.20. The van der Waals surface area contributed by atoms with Crippen molar-refractivity contribution in [3.63, 3.8) is 0 Å². The number of amides is 1. The van der Waals surface area contributed by atoms with E-state index in [1.54, 1.807) is 11.8 Å². The summed E-state index contributed by atoms with van der Waals surface area (Å²) in [7, 11) is 0. The van der Waals surface area contributed by atoms with E-state index in [1.165, 1.54) is 0 Å². The van der Waals surface area contributed by atoms with Crippen molar-refractivity contribution in [2.45, 2.75) is 23.6 Å². The van der Waals surface area contributed by atoms with Crippen molar-refractivity contribution in [3.8, 4) is 11.5 Å². The summed E-state index contributed by atoms with van der Waals surface area (Å²) in [6, 6.07) is 15.7. The van der Waals surface area contributed by atoms with Crippen molar-refractivity contribution < 1.29 is 14.3 Å². The van der Waals surface area contributed by atoms with Gasteiger partial charge in [-0.3, -0.25) is 4.79 Å². The number of hydrogen-bond acceptors (Lipinski definition) is 4. The Morgan fingerprint density at radius 2 is 1.87 bits per heavy atom. The average Bonchev–Trinajstić information content (AvgIpc) is 2.60. The summed E-state index contributed by atoms with van der Waals surface area (Å²) in [4.78, 5) is 13.3. The molecule has 1 heterocycles. The number of hydrogen-bond donors (Lipinski definition) is 1. The van der Waals surface area contributed by atoms with Gasteiger partial charge in [-0.15, -0.1) is 11.8 Å². The van der Waals surface area contributed by atoms with Crippen molar-refractivity contribution >= 4 is 17.7 Å². The molecule has 0 bridgehead atoms. The van der Waals surface area contributed by atoms with E-state index in [9.17, 15) is 4.79 Å². The fourth-order valence-electron chi connectivity index (χ4n) is 2.29. The lowest BCUT2D eigenvalue weighted by Crippen LogP contribution is -2.30. The molecule has 0 saturated heterocycles. The fraction of sp³-hybridized carbons (Fsp3) is 0.278. The molecule has 1 atom stereocenters. The summed E-state index contributed by atoms with van der Waals surface area (Å²) in [5, 5.41) is 2.83. The SMILES string of the molecule is CC(Sc1ccccc1)C(=O)NCc1ccc2c(c1)OCCO2. The number of thioether (sulfide) groups is 1. The number of ether oxygens (including phenoxy) is 2. The Morgan fingerprint density at radius 1 is 1.13 bits per heavy atom. The predicted molar refractivity (Wildman–Crippen MR) is 91.0 cm³/mol. The minimum Gasteiger partial charge on any atom is -0.486 e. The Balaban J connectivity index is 1.54. The van der Waals surface area contributed by atoms with Gasteiger partial charge >= 0.3 is 0 Å². The Morgan fingerprint density at radius 3 is 2.65 bits per heavy atom. The Labute approximate surface area is 140 Å². The maximum Gasteiger partial charge on any atom is 0.233 e. The van der Waals surface area contributed by atoms with Gasteiger partial charge in [0.15, 0.2) is 11.5 Å². The van der Waals surface area contributed by atoms with Gasteiger partial charge in [-0.05, 0) is 36.8 Å². The van der Waals surface area contributed by atoms with Gasteiger partial charge in [-0.25, -0.2) is 0 Å². The van der Waals surface area contributed by atoms with Crippen LogP contribution in [0.2, 0.25) is 0 Å². The van der Waals surface area contributed by atoms with Gasteiger partial charge in [0.05, 0.1) is 5.25 Å². The van der Waals surface area contributed by atoms with Crippen molar-refractivity contribution in [3.05, 3.63) is 54.1 Å². The molecule has 4 nitrogen and oxygen atoms in total. The molecule has 23 heavy (non-hydrogen) atoms. The van der Waals surface area contributed by atoms with Crippen molar-refractivity contribution in [2.24, 2.45) is 0 Å². The highest BCUT2D eigenvalue weighted by Gasteiger charge is 2.15. The molecule has 1 aliphatic rings. The molecule has 2 aromatic carbocycles. The smallest absolute Gasteiger partial charge is 0.233 e. The largest absolute Gasteiger partial charge is 0.486 e. The number of carbonyl (C=O) groups excluding carboxylic acids is 1. The fourth-order valence-corrected chi connectivity index (χ4v) is 3.20. The summed E-state index contributed by atoms with van der Waals surface area (Å²) in [5.41, 5.74) is 1.000. The van der Waals surface area contributed by atoms with Crippen LogP contribution in [-0.2, 0) is 11.3 Å².